The van der Waals surface area contributed by atoms with Gasteiger partial charge in [0.1, 0.15) is 24.1 Å². The largest absolute Gasteiger partial charge is 0.480 e. The lowest BCUT2D eigenvalue weighted by atomic mass is 10.0. The lowest BCUT2D eigenvalue weighted by Gasteiger charge is -2.19. The summed E-state index contributed by atoms with van der Waals surface area (Å²) in [5.74, 6) is 1.33. The van der Waals surface area contributed by atoms with Crippen molar-refractivity contribution < 1.29 is 33.3 Å². The van der Waals surface area contributed by atoms with Crippen molar-refractivity contribution in [3.63, 3.8) is 0 Å². The highest BCUT2D eigenvalue weighted by molar-refractivity contribution is 5.95. The number of hydrogen-bond donors (Lipinski definition) is 3. The molecule has 5 rings (SSSR count). The normalized spacial score (nSPS) is 16.0. The van der Waals surface area contributed by atoms with Gasteiger partial charge in [0, 0.05) is 18.8 Å². The number of aromatic nitrogens is 2. The summed E-state index contributed by atoms with van der Waals surface area (Å²) in [6.45, 7) is 7.55. The Balaban J connectivity index is 1.06. The second-order valence-corrected chi connectivity index (χ2v) is 11.3. The number of alkyl carbamates (subject to hydrolysis) is 1. The van der Waals surface area contributed by atoms with Crippen molar-refractivity contribution in [3.05, 3.63) is 60.3 Å². The molecule has 1 saturated heterocycles. The zero-order valence-electron chi connectivity index (χ0n) is 24.9. The maximum Gasteiger partial charge on any atom is 0.415 e. The molecule has 3 aromatic rings. The molecule has 2 aromatic heterocycles. The molecule has 2 aliphatic rings. The fraction of sp³-hybridized carbons (Fsp3) is 0.387. The average molecular weight is 605 g/mol. The quantitative estimate of drug-likeness (QED) is 0.275. The van der Waals surface area contributed by atoms with Crippen LogP contribution in [0.25, 0.3) is 11.1 Å². The van der Waals surface area contributed by atoms with E-state index < -0.39 is 17.8 Å². The number of nitrogens with zero attached hydrogens (tertiary/aromatic N) is 3. The number of amides is 3. The molecule has 0 bridgehead atoms. The minimum absolute atomic E-state index is 0.0587. The third-order valence-electron chi connectivity index (χ3n) is 6.60. The van der Waals surface area contributed by atoms with Crippen molar-refractivity contribution in [1.82, 2.24) is 20.6 Å². The van der Waals surface area contributed by atoms with Crippen LogP contribution in [0.15, 0.2) is 54.7 Å². The number of hydrogen-bond acceptors (Lipinski definition) is 10. The zero-order valence-corrected chi connectivity index (χ0v) is 24.9. The van der Waals surface area contributed by atoms with E-state index >= 15 is 0 Å². The SMILES string of the molecule is CC(C)(C)OC(=O)NCCOc1cc(-c2cccc(CNCC[C@H]3CN(c4ccc5c(n4)NC(=O)CO5)C(=O)O3)c2)ccn1. The Morgan fingerprint density at radius 1 is 1.11 bits per heavy atom. The van der Waals surface area contributed by atoms with E-state index in [1.165, 1.54) is 4.90 Å². The van der Waals surface area contributed by atoms with Crippen molar-refractivity contribution in [2.75, 3.05) is 43.1 Å². The van der Waals surface area contributed by atoms with Gasteiger partial charge in [-0.2, -0.15) is 0 Å². The molecule has 13 nitrogen and oxygen atoms in total. The Morgan fingerprint density at radius 3 is 2.80 bits per heavy atom. The van der Waals surface area contributed by atoms with Crippen molar-refractivity contribution in [3.8, 4) is 22.8 Å². The Kier molecular flexibility index (Phi) is 9.44. The lowest BCUT2D eigenvalue weighted by Crippen LogP contribution is -2.34. The lowest BCUT2D eigenvalue weighted by molar-refractivity contribution is -0.118. The zero-order chi connectivity index (χ0) is 31.1. The first-order valence-electron chi connectivity index (χ1n) is 14.4. The Labute approximate surface area is 255 Å². The maximum atomic E-state index is 12.5. The summed E-state index contributed by atoms with van der Waals surface area (Å²) in [4.78, 5) is 46.0. The summed E-state index contributed by atoms with van der Waals surface area (Å²) in [7, 11) is 0. The Bertz CT molecular complexity index is 1510. The van der Waals surface area contributed by atoms with Crippen LogP contribution in [0.1, 0.15) is 32.8 Å². The van der Waals surface area contributed by atoms with Crippen LogP contribution in [0.2, 0.25) is 0 Å². The molecule has 0 unspecified atom stereocenters. The molecule has 1 fully saturated rings. The molecule has 2 aliphatic heterocycles. The van der Waals surface area contributed by atoms with Gasteiger partial charge in [0.25, 0.3) is 5.91 Å². The average Bonchev–Trinajstić information content (AvgIpc) is 3.36. The van der Waals surface area contributed by atoms with Gasteiger partial charge in [0.2, 0.25) is 5.88 Å². The summed E-state index contributed by atoms with van der Waals surface area (Å²) >= 11 is 0. The molecular weight excluding hydrogens is 568 g/mol. The molecule has 232 valence electrons. The second-order valence-electron chi connectivity index (χ2n) is 11.3. The van der Waals surface area contributed by atoms with Crippen molar-refractivity contribution in [2.45, 2.75) is 45.4 Å². The molecule has 1 aromatic carbocycles. The molecule has 3 amide bonds. The number of benzene rings is 1. The van der Waals surface area contributed by atoms with Crippen LogP contribution in [0.5, 0.6) is 11.6 Å². The van der Waals surface area contributed by atoms with Gasteiger partial charge in [0.15, 0.2) is 18.2 Å². The van der Waals surface area contributed by atoms with E-state index in [0.29, 0.717) is 55.9 Å². The maximum absolute atomic E-state index is 12.5. The third kappa shape index (κ3) is 8.34. The van der Waals surface area contributed by atoms with E-state index in [-0.39, 0.29) is 25.2 Å². The van der Waals surface area contributed by atoms with Crippen LogP contribution in [-0.4, -0.2) is 72.6 Å². The van der Waals surface area contributed by atoms with E-state index in [2.05, 4.69) is 32.0 Å². The smallest absolute Gasteiger partial charge is 0.415 e. The van der Waals surface area contributed by atoms with Crippen LogP contribution in [-0.2, 0) is 20.8 Å². The summed E-state index contributed by atoms with van der Waals surface area (Å²) in [6.07, 6.45) is 1.06. The fourth-order valence-electron chi connectivity index (χ4n) is 4.61. The molecule has 44 heavy (non-hydrogen) atoms. The number of ether oxygens (including phenoxy) is 4. The molecule has 0 radical (unpaired) electrons. The monoisotopic (exact) mass is 604 g/mol. The molecule has 0 spiro atoms. The van der Waals surface area contributed by atoms with E-state index in [0.717, 1.165) is 16.7 Å². The molecule has 3 N–H and O–H groups in total. The van der Waals surface area contributed by atoms with Gasteiger partial charge in [-0.05, 0) is 74.7 Å². The predicted octanol–water partition coefficient (Wildman–Crippen LogP) is 3.88. The highest BCUT2D eigenvalue weighted by Gasteiger charge is 2.33. The molecular formula is C31H36N6O7. The minimum atomic E-state index is -0.558. The van der Waals surface area contributed by atoms with Gasteiger partial charge in [-0.25, -0.2) is 19.6 Å². The summed E-state index contributed by atoms with van der Waals surface area (Å²) < 4.78 is 21.8. The number of pyridine rings is 2. The Morgan fingerprint density at radius 2 is 1.95 bits per heavy atom. The number of nitrogens with one attached hydrogen (secondary N) is 3. The molecule has 0 aliphatic carbocycles. The molecule has 4 heterocycles. The van der Waals surface area contributed by atoms with E-state index in [1.807, 2.05) is 51.1 Å². The number of fused-ring (bicyclic) bond motifs is 1. The predicted molar refractivity (Wildman–Crippen MR) is 162 cm³/mol. The molecule has 1 atom stereocenters. The minimum Gasteiger partial charge on any atom is -0.480 e. The summed E-state index contributed by atoms with van der Waals surface area (Å²) in [5, 5.41) is 8.74. The van der Waals surface area contributed by atoms with Crippen LogP contribution in [0, 0.1) is 0 Å². The molecule has 0 saturated carbocycles. The number of anilines is 2. The van der Waals surface area contributed by atoms with Crippen LogP contribution in [0.3, 0.4) is 0 Å². The van der Waals surface area contributed by atoms with Gasteiger partial charge in [-0.3, -0.25) is 9.69 Å². The van der Waals surface area contributed by atoms with Gasteiger partial charge < -0.3 is 34.9 Å². The van der Waals surface area contributed by atoms with Crippen LogP contribution >= 0.6 is 0 Å². The van der Waals surface area contributed by atoms with Crippen molar-refractivity contribution >= 4 is 29.7 Å². The van der Waals surface area contributed by atoms with Crippen LogP contribution in [0.4, 0.5) is 21.2 Å². The third-order valence-corrected chi connectivity index (χ3v) is 6.60. The van der Waals surface area contributed by atoms with E-state index in [9.17, 15) is 14.4 Å². The summed E-state index contributed by atoms with van der Waals surface area (Å²) in [6, 6.07) is 15.3. The van der Waals surface area contributed by atoms with Crippen LogP contribution < -0.4 is 30.3 Å². The first-order chi connectivity index (χ1) is 21.1. The first kappa shape index (κ1) is 30.5. The molecule has 13 heteroatoms. The van der Waals surface area contributed by atoms with Crippen molar-refractivity contribution in [1.29, 1.82) is 0 Å². The topological polar surface area (TPSA) is 153 Å². The second kappa shape index (κ2) is 13.6. The number of carbonyl (C=O) groups is 3. The fourth-order valence-corrected chi connectivity index (χ4v) is 4.61. The van der Waals surface area contributed by atoms with E-state index in [4.69, 9.17) is 18.9 Å². The number of rotatable bonds is 11. The standard InChI is InChI=1S/C31H36N6O7/c1-31(2,3)44-29(39)34-13-14-41-27-16-22(9-12-33-27)21-6-4-5-20(15-21)17-32-11-10-23-18-37(30(40)43-23)25-8-7-24-28(35-25)36-26(38)19-42-24/h4-9,12,15-16,23,32H,10-11,13-14,17-19H2,1-3H3,(H,34,39)(H,35,36,38)/t23-/m0/s1. The van der Waals surface area contributed by atoms with E-state index in [1.54, 1.807) is 18.3 Å². The van der Waals surface area contributed by atoms with Gasteiger partial charge in [-0.1, -0.05) is 18.2 Å². The number of carbonyl (C=O) groups excluding carboxylic acids is 3. The number of cyclic esters (lactones) is 1. The highest BCUT2D eigenvalue weighted by Crippen LogP contribution is 2.30. The first-order valence-corrected chi connectivity index (χ1v) is 14.4. The van der Waals surface area contributed by atoms with Gasteiger partial charge >= 0.3 is 12.2 Å². The Hall–Kier alpha value is -4.91. The highest BCUT2D eigenvalue weighted by atomic mass is 16.6. The van der Waals surface area contributed by atoms with Gasteiger partial charge in [-0.15, -0.1) is 0 Å². The van der Waals surface area contributed by atoms with Gasteiger partial charge in [0.05, 0.1) is 13.1 Å². The van der Waals surface area contributed by atoms with Crippen molar-refractivity contribution in [2.24, 2.45) is 0 Å². The summed E-state index contributed by atoms with van der Waals surface area (Å²) in [5.41, 5.74) is 2.51.